The van der Waals surface area contributed by atoms with Gasteiger partial charge in [0.15, 0.2) is 5.75 Å². The summed E-state index contributed by atoms with van der Waals surface area (Å²) in [5, 5.41) is 1.02. The standard InChI is InChI=1S/C17H13BrFNO/c1-21-17-15(18)7-4-13-9-12(10-20-16(13)17)8-11-2-5-14(19)6-3-11/h2-7,9-10H,8H2,1H3. The number of fused-ring (bicyclic) bond motifs is 1. The van der Waals surface area contributed by atoms with Crippen LogP contribution in [0.2, 0.25) is 0 Å². The Morgan fingerprint density at radius 3 is 2.57 bits per heavy atom. The van der Waals surface area contributed by atoms with Gasteiger partial charge in [-0.2, -0.15) is 0 Å². The number of ether oxygens (including phenoxy) is 1. The number of benzene rings is 2. The highest BCUT2D eigenvalue weighted by atomic mass is 79.9. The van der Waals surface area contributed by atoms with Gasteiger partial charge in [-0.15, -0.1) is 0 Å². The predicted octanol–water partition coefficient (Wildman–Crippen LogP) is 4.74. The number of methoxy groups -OCH3 is 1. The molecule has 0 amide bonds. The van der Waals surface area contributed by atoms with Crippen molar-refractivity contribution < 1.29 is 9.13 Å². The van der Waals surface area contributed by atoms with Gasteiger partial charge in [0.05, 0.1) is 11.6 Å². The molecule has 3 rings (SSSR count). The van der Waals surface area contributed by atoms with Crippen molar-refractivity contribution in [3.63, 3.8) is 0 Å². The zero-order valence-corrected chi connectivity index (χ0v) is 13.0. The lowest BCUT2D eigenvalue weighted by molar-refractivity contribution is 0.416. The van der Waals surface area contributed by atoms with E-state index in [9.17, 15) is 4.39 Å². The van der Waals surface area contributed by atoms with Crippen molar-refractivity contribution in [2.24, 2.45) is 0 Å². The van der Waals surface area contributed by atoms with Gasteiger partial charge in [0, 0.05) is 11.6 Å². The van der Waals surface area contributed by atoms with Gasteiger partial charge in [-0.05, 0) is 57.7 Å². The third kappa shape index (κ3) is 2.90. The molecule has 3 aromatic rings. The number of pyridine rings is 1. The van der Waals surface area contributed by atoms with Crippen LogP contribution in [0.1, 0.15) is 11.1 Å². The fraction of sp³-hybridized carbons (Fsp3) is 0.118. The summed E-state index contributed by atoms with van der Waals surface area (Å²) in [7, 11) is 1.63. The molecule has 0 saturated heterocycles. The Hall–Kier alpha value is -1.94. The summed E-state index contributed by atoms with van der Waals surface area (Å²) < 4.78 is 19.2. The summed E-state index contributed by atoms with van der Waals surface area (Å²) in [4.78, 5) is 4.50. The largest absolute Gasteiger partial charge is 0.493 e. The van der Waals surface area contributed by atoms with Crippen LogP contribution < -0.4 is 4.74 Å². The van der Waals surface area contributed by atoms with Gasteiger partial charge in [-0.3, -0.25) is 4.98 Å². The van der Waals surface area contributed by atoms with Crippen LogP contribution in [-0.4, -0.2) is 12.1 Å². The second-order valence-corrected chi connectivity index (χ2v) is 5.65. The Balaban J connectivity index is 1.98. The summed E-state index contributed by atoms with van der Waals surface area (Å²) in [6.45, 7) is 0. The van der Waals surface area contributed by atoms with Crippen molar-refractivity contribution in [3.05, 3.63) is 70.1 Å². The highest BCUT2D eigenvalue weighted by molar-refractivity contribution is 9.10. The average molecular weight is 346 g/mol. The smallest absolute Gasteiger partial charge is 0.159 e. The first-order valence-electron chi connectivity index (χ1n) is 6.53. The van der Waals surface area contributed by atoms with E-state index >= 15 is 0 Å². The predicted molar refractivity (Wildman–Crippen MR) is 85.2 cm³/mol. The van der Waals surface area contributed by atoms with E-state index in [1.807, 2.05) is 18.3 Å². The Kier molecular flexibility index (Phi) is 3.88. The lowest BCUT2D eigenvalue weighted by Crippen LogP contribution is -1.93. The Morgan fingerprint density at radius 2 is 1.86 bits per heavy atom. The molecular formula is C17H13BrFNO. The molecule has 0 saturated carbocycles. The van der Waals surface area contributed by atoms with Gasteiger partial charge >= 0.3 is 0 Å². The molecule has 0 aliphatic rings. The summed E-state index contributed by atoms with van der Waals surface area (Å²) in [6, 6.07) is 12.6. The molecule has 0 fully saturated rings. The molecule has 1 aromatic heterocycles. The minimum atomic E-state index is -0.218. The third-order valence-electron chi connectivity index (χ3n) is 3.34. The van der Waals surface area contributed by atoms with Crippen molar-refractivity contribution in [1.29, 1.82) is 0 Å². The molecule has 2 aromatic carbocycles. The number of halogens is 2. The Bertz CT molecular complexity index is 787. The monoisotopic (exact) mass is 345 g/mol. The topological polar surface area (TPSA) is 22.1 Å². The first kappa shape index (κ1) is 14.0. The molecule has 0 atom stereocenters. The SMILES string of the molecule is COc1c(Br)ccc2cc(Cc3ccc(F)cc3)cnc12. The van der Waals surface area contributed by atoms with Crippen molar-refractivity contribution in [2.75, 3.05) is 7.11 Å². The van der Waals surface area contributed by atoms with E-state index in [-0.39, 0.29) is 5.82 Å². The Morgan fingerprint density at radius 1 is 1.10 bits per heavy atom. The molecule has 21 heavy (non-hydrogen) atoms. The van der Waals surface area contributed by atoms with Crippen molar-refractivity contribution in [2.45, 2.75) is 6.42 Å². The van der Waals surface area contributed by atoms with Gasteiger partial charge in [0.25, 0.3) is 0 Å². The number of nitrogens with zero attached hydrogens (tertiary/aromatic N) is 1. The minimum absolute atomic E-state index is 0.218. The van der Waals surface area contributed by atoms with Gasteiger partial charge in [0.1, 0.15) is 11.3 Å². The Labute approximate surface area is 130 Å². The summed E-state index contributed by atoms with van der Waals surface area (Å²) in [6.07, 6.45) is 2.56. The molecule has 0 aliphatic heterocycles. The van der Waals surface area contributed by atoms with Crippen LogP contribution in [0.3, 0.4) is 0 Å². The molecule has 0 N–H and O–H groups in total. The number of hydrogen-bond donors (Lipinski definition) is 0. The highest BCUT2D eigenvalue weighted by Gasteiger charge is 2.08. The number of rotatable bonds is 3. The van der Waals surface area contributed by atoms with E-state index in [1.54, 1.807) is 19.2 Å². The zero-order chi connectivity index (χ0) is 14.8. The van der Waals surface area contributed by atoms with E-state index in [4.69, 9.17) is 4.74 Å². The van der Waals surface area contributed by atoms with Crippen LogP contribution >= 0.6 is 15.9 Å². The maximum atomic E-state index is 12.9. The van der Waals surface area contributed by atoms with Gasteiger partial charge < -0.3 is 4.74 Å². The van der Waals surface area contributed by atoms with E-state index in [2.05, 4.69) is 27.0 Å². The molecule has 0 spiro atoms. The third-order valence-corrected chi connectivity index (χ3v) is 3.97. The summed E-state index contributed by atoms with van der Waals surface area (Å²) in [5.74, 6) is 0.519. The molecule has 106 valence electrons. The maximum absolute atomic E-state index is 12.9. The van der Waals surface area contributed by atoms with Gasteiger partial charge in [-0.1, -0.05) is 18.2 Å². The van der Waals surface area contributed by atoms with E-state index < -0.39 is 0 Å². The molecule has 2 nitrogen and oxygen atoms in total. The van der Waals surface area contributed by atoms with Crippen LogP contribution in [0.5, 0.6) is 5.75 Å². The van der Waals surface area contributed by atoms with Gasteiger partial charge in [0.2, 0.25) is 0 Å². The van der Waals surface area contributed by atoms with Gasteiger partial charge in [-0.25, -0.2) is 4.39 Å². The van der Waals surface area contributed by atoms with Crippen molar-refractivity contribution in [1.82, 2.24) is 4.98 Å². The number of hydrogen-bond acceptors (Lipinski definition) is 2. The van der Waals surface area contributed by atoms with E-state index in [0.717, 1.165) is 38.7 Å². The van der Waals surface area contributed by atoms with E-state index in [0.29, 0.717) is 0 Å². The van der Waals surface area contributed by atoms with Crippen LogP contribution in [0.25, 0.3) is 10.9 Å². The molecule has 1 heterocycles. The van der Waals surface area contributed by atoms with Crippen molar-refractivity contribution >= 4 is 26.8 Å². The van der Waals surface area contributed by atoms with Crippen LogP contribution in [-0.2, 0) is 6.42 Å². The lowest BCUT2D eigenvalue weighted by Gasteiger charge is -2.08. The fourth-order valence-electron chi connectivity index (χ4n) is 2.32. The lowest BCUT2D eigenvalue weighted by atomic mass is 10.0. The zero-order valence-electron chi connectivity index (χ0n) is 11.4. The molecule has 4 heteroatoms. The molecular weight excluding hydrogens is 333 g/mol. The minimum Gasteiger partial charge on any atom is -0.493 e. The van der Waals surface area contributed by atoms with E-state index in [1.165, 1.54) is 12.1 Å². The van der Waals surface area contributed by atoms with Crippen LogP contribution in [0.4, 0.5) is 4.39 Å². The molecule has 0 radical (unpaired) electrons. The first-order chi connectivity index (χ1) is 10.2. The van der Waals surface area contributed by atoms with Crippen molar-refractivity contribution in [3.8, 4) is 5.75 Å². The fourth-order valence-corrected chi connectivity index (χ4v) is 2.81. The second kappa shape index (κ2) is 5.82. The quantitative estimate of drug-likeness (QED) is 0.684. The number of aromatic nitrogens is 1. The average Bonchev–Trinajstić information content (AvgIpc) is 2.50. The first-order valence-corrected chi connectivity index (χ1v) is 7.32. The van der Waals surface area contributed by atoms with Crippen LogP contribution in [0, 0.1) is 5.82 Å². The molecule has 0 unspecified atom stereocenters. The maximum Gasteiger partial charge on any atom is 0.159 e. The normalized spacial score (nSPS) is 10.8. The molecule has 0 bridgehead atoms. The molecule has 0 aliphatic carbocycles. The summed E-state index contributed by atoms with van der Waals surface area (Å²) >= 11 is 3.46. The highest BCUT2D eigenvalue weighted by Crippen LogP contribution is 2.32. The second-order valence-electron chi connectivity index (χ2n) is 4.80. The van der Waals surface area contributed by atoms with Crippen LogP contribution in [0.15, 0.2) is 53.1 Å². The summed E-state index contributed by atoms with van der Waals surface area (Å²) in [5.41, 5.74) is 2.97.